The van der Waals surface area contributed by atoms with Crippen LogP contribution in [0.25, 0.3) is 44.4 Å². The number of allylic oxidation sites excluding steroid dienone is 5. The highest BCUT2D eigenvalue weighted by Gasteiger charge is 2.24. The standard InChI is InChI=1S/C33H27N3/c34-35-21-26-19-24-8-1-2-9-25(24)20-30(26)23-13-16-27(17-14-23)36-31-12-6-5-11-29(31)33-28-10-4-3-7-22(28)15-18-32(33)36/h1-13,15-16,18,20-21,26H,14,17,19,34H2/b35-21+. The molecule has 2 N–H and O–H groups in total. The fourth-order valence-corrected chi connectivity index (χ4v) is 6.15. The number of nitrogens with two attached hydrogens (primary N) is 1. The lowest BCUT2D eigenvalue weighted by Gasteiger charge is -2.27. The molecule has 3 nitrogen and oxygen atoms in total. The van der Waals surface area contributed by atoms with Crippen LogP contribution in [-0.4, -0.2) is 10.8 Å². The molecule has 1 atom stereocenters. The van der Waals surface area contributed by atoms with Gasteiger partial charge in [-0.1, -0.05) is 84.9 Å². The molecule has 3 heteroatoms. The van der Waals surface area contributed by atoms with E-state index in [4.69, 9.17) is 5.84 Å². The molecule has 2 aliphatic carbocycles. The van der Waals surface area contributed by atoms with E-state index in [0.29, 0.717) is 0 Å². The van der Waals surface area contributed by atoms with Crippen LogP contribution in [0.3, 0.4) is 0 Å². The van der Waals surface area contributed by atoms with Crippen LogP contribution in [0.5, 0.6) is 0 Å². The Labute approximate surface area is 210 Å². The van der Waals surface area contributed by atoms with Crippen LogP contribution in [0.15, 0.2) is 113 Å². The summed E-state index contributed by atoms with van der Waals surface area (Å²) in [6.07, 6.45) is 11.8. The maximum Gasteiger partial charge on any atom is 0.0544 e. The molecule has 0 spiro atoms. The van der Waals surface area contributed by atoms with Crippen molar-refractivity contribution in [3.05, 3.63) is 119 Å². The summed E-state index contributed by atoms with van der Waals surface area (Å²) in [5, 5.41) is 9.16. The third kappa shape index (κ3) is 3.24. The molecule has 0 bridgehead atoms. The fourth-order valence-electron chi connectivity index (χ4n) is 6.15. The number of fused-ring (bicyclic) bond motifs is 6. The molecule has 1 aromatic heterocycles. The Kier molecular flexibility index (Phi) is 4.88. The third-order valence-corrected chi connectivity index (χ3v) is 7.82. The molecule has 174 valence electrons. The Bertz CT molecular complexity index is 1780. The van der Waals surface area contributed by atoms with Gasteiger partial charge in [0.05, 0.1) is 11.0 Å². The van der Waals surface area contributed by atoms with Crippen molar-refractivity contribution >= 4 is 50.6 Å². The van der Waals surface area contributed by atoms with Crippen LogP contribution in [0.2, 0.25) is 0 Å². The van der Waals surface area contributed by atoms with Gasteiger partial charge in [0, 0.05) is 28.6 Å². The predicted molar refractivity (Wildman–Crippen MR) is 153 cm³/mol. The lowest BCUT2D eigenvalue weighted by atomic mass is 9.78. The zero-order valence-corrected chi connectivity index (χ0v) is 20.1. The number of hydrogen-bond donors (Lipinski definition) is 1. The normalized spacial score (nSPS) is 17.9. The molecule has 1 unspecified atom stereocenters. The molecule has 0 saturated heterocycles. The van der Waals surface area contributed by atoms with Crippen LogP contribution in [0.1, 0.15) is 24.0 Å². The first-order valence-electron chi connectivity index (χ1n) is 12.7. The average molecular weight is 466 g/mol. The Morgan fingerprint density at radius 1 is 0.778 bits per heavy atom. The van der Waals surface area contributed by atoms with Crippen LogP contribution in [0.4, 0.5) is 0 Å². The molecule has 0 saturated carbocycles. The molecular weight excluding hydrogens is 438 g/mol. The molecule has 1 heterocycles. The van der Waals surface area contributed by atoms with E-state index in [2.05, 4.69) is 113 Å². The topological polar surface area (TPSA) is 43.3 Å². The maximum atomic E-state index is 5.61. The van der Waals surface area contributed by atoms with Crippen molar-refractivity contribution in [2.24, 2.45) is 16.9 Å². The van der Waals surface area contributed by atoms with Crippen LogP contribution >= 0.6 is 0 Å². The minimum absolute atomic E-state index is 0.214. The average Bonchev–Trinajstić information content (AvgIpc) is 3.28. The van der Waals surface area contributed by atoms with Crippen molar-refractivity contribution in [1.82, 2.24) is 4.57 Å². The monoisotopic (exact) mass is 465 g/mol. The lowest BCUT2D eigenvalue weighted by molar-refractivity contribution is 0.782. The molecule has 5 aromatic rings. The van der Waals surface area contributed by atoms with Gasteiger partial charge in [0.1, 0.15) is 0 Å². The zero-order chi connectivity index (χ0) is 24.1. The van der Waals surface area contributed by atoms with Gasteiger partial charge in [0.2, 0.25) is 0 Å². The summed E-state index contributed by atoms with van der Waals surface area (Å²) in [6, 6.07) is 30.7. The second-order valence-electron chi connectivity index (χ2n) is 9.79. The van der Waals surface area contributed by atoms with Crippen LogP contribution in [-0.2, 0) is 6.42 Å². The fraction of sp³-hybridized carbons (Fsp3) is 0.121. The smallest absolute Gasteiger partial charge is 0.0544 e. The lowest BCUT2D eigenvalue weighted by Crippen LogP contribution is -2.17. The summed E-state index contributed by atoms with van der Waals surface area (Å²) in [5.74, 6) is 5.82. The Morgan fingerprint density at radius 2 is 1.58 bits per heavy atom. The van der Waals surface area contributed by atoms with E-state index in [0.717, 1.165) is 19.3 Å². The Hall–Kier alpha value is -4.37. The molecule has 2 aliphatic rings. The highest BCUT2D eigenvalue weighted by Crippen LogP contribution is 2.40. The van der Waals surface area contributed by atoms with E-state index >= 15 is 0 Å². The van der Waals surface area contributed by atoms with Gasteiger partial charge in [0.15, 0.2) is 0 Å². The van der Waals surface area contributed by atoms with Gasteiger partial charge in [-0.15, -0.1) is 0 Å². The van der Waals surface area contributed by atoms with Gasteiger partial charge in [0.25, 0.3) is 0 Å². The quantitative estimate of drug-likeness (QED) is 0.165. The molecule has 36 heavy (non-hydrogen) atoms. The van der Waals surface area contributed by atoms with Crippen molar-refractivity contribution in [2.45, 2.75) is 19.3 Å². The number of rotatable bonds is 3. The predicted octanol–water partition coefficient (Wildman–Crippen LogP) is 7.71. The molecular formula is C33H27N3. The molecule has 7 rings (SSSR count). The largest absolute Gasteiger partial charge is 0.324 e. The molecule has 0 radical (unpaired) electrons. The van der Waals surface area contributed by atoms with E-state index in [1.54, 1.807) is 0 Å². The van der Waals surface area contributed by atoms with Gasteiger partial charge in [-0.05, 0) is 70.5 Å². The number of aromatic nitrogens is 1. The van der Waals surface area contributed by atoms with Crippen molar-refractivity contribution in [1.29, 1.82) is 0 Å². The van der Waals surface area contributed by atoms with E-state index in [-0.39, 0.29) is 5.92 Å². The first-order valence-corrected chi connectivity index (χ1v) is 12.7. The number of hydrazone groups is 1. The molecule has 0 aliphatic heterocycles. The van der Waals surface area contributed by atoms with Crippen molar-refractivity contribution in [2.75, 3.05) is 0 Å². The zero-order valence-electron chi connectivity index (χ0n) is 20.1. The van der Waals surface area contributed by atoms with E-state index < -0.39 is 0 Å². The van der Waals surface area contributed by atoms with E-state index in [1.165, 1.54) is 60.5 Å². The second-order valence-corrected chi connectivity index (χ2v) is 9.79. The number of benzene rings is 4. The van der Waals surface area contributed by atoms with Crippen molar-refractivity contribution < 1.29 is 0 Å². The maximum absolute atomic E-state index is 5.61. The SMILES string of the molecule is N/N=C/C1Cc2ccccc2C=C1C1=CC=C(n2c3ccccc3c3c4ccccc4ccc32)CC1. The number of nitrogens with zero attached hydrogens (tertiary/aromatic N) is 2. The van der Waals surface area contributed by atoms with E-state index in [9.17, 15) is 0 Å². The van der Waals surface area contributed by atoms with E-state index in [1.807, 2.05) is 6.21 Å². The van der Waals surface area contributed by atoms with Crippen molar-refractivity contribution in [3.63, 3.8) is 0 Å². The summed E-state index contributed by atoms with van der Waals surface area (Å²) < 4.78 is 2.47. The Balaban J connectivity index is 1.38. The van der Waals surface area contributed by atoms with Crippen LogP contribution < -0.4 is 5.84 Å². The molecule has 4 aromatic carbocycles. The molecule has 0 fully saturated rings. The first-order chi connectivity index (χ1) is 17.8. The van der Waals surface area contributed by atoms with Gasteiger partial charge >= 0.3 is 0 Å². The summed E-state index contributed by atoms with van der Waals surface area (Å²) in [6.45, 7) is 0. The van der Waals surface area contributed by atoms with Gasteiger partial charge in [-0.2, -0.15) is 5.10 Å². The van der Waals surface area contributed by atoms with Crippen LogP contribution in [0, 0.1) is 5.92 Å². The highest BCUT2D eigenvalue weighted by molar-refractivity contribution is 6.21. The van der Waals surface area contributed by atoms with Crippen molar-refractivity contribution in [3.8, 4) is 0 Å². The highest BCUT2D eigenvalue weighted by atomic mass is 15.1. The summed E-state index contributed by atoms with van der Waals surface area (Å²) >= 11 is 0. The van der Waals surface area contributed by atoms with Gasteiger partial charge in [-0.25, -0.2) is 0 Å². The minimum Gasteiger partial charge on any atom is -0.324 e. The summed E-state index contributed by atoms with van der Waals surface area (Å²) in [4.78, 5) is 0. The second kappa shape index (κ2) is 8.39. The number of hydrogen-bond acceptors (Lipinski definition) is 2. The number of para-hydroxylation sites is 1. The summed E-state index contributed by atoms with van der Waals surface area (Å²) in [7, 11) is 0. The summed E-state index contributed by atoms with van der Waals surface area (Å²) in [5.41, 5.74) is 9.26. The molecule has 0 amide bonds. The third-order valence-electron chi connectivity index (χ3n) is 7.82. The van der Waals surface area contributed by atoms with Gasteiger partial charge in [-0.3, -0.25) is 0 Å². The minimum atomic E-state index is 0.214. The van der Waals surface area contributed by atoms with Gasteiger partial charge < -0.3 is 10.4 Å². The first kappa shape index (κ1) is 21.0. The Morgan fingerprint density at radius 3 is 2.44 bits per heavy atom.